The molecule has 8 aromatic rings. The number of hydrogen-bond acceptors (Lipinski definition) is 17. The number of nitrogens with zero attached hydrogens (tertiary/aromatic N) is 13. The van der Waals surface area contributed by atoms with E-state index >= 15 is 0 Å². The van der Waals surface area contributed by atoms with Crippen LogP contribution in [0.1, 0.15) is 35.9 Å². The third-order valence-corrected chi connectivity index (χ3v) is 8.16. The Kier molecular flexibility index (Phi) is 15.6. The standard InChI is InChI=1S/C17H12F3N7O2.C12H8F3N5O2.C5H5ClN2.C4H8O/c1-10-23-15(25-27(10)9-12-8-21-6-7-22-12)16-24-14(26-29-16)11-2-4-13(5-3-11)28-17(18,19)20;1-6-16-10(19-18-6)11-17-9(20-22-11)7-2-4-8(5-3-7)21-12(13,14)15;6-3-5-4-7-1-2-8-5;1-2-4-5-3-1/h2-8H,9H2,1H3;2-5H,1H3,(H,16,18,19);1-2,4H,3H2;1-4H2. The molecule has 64 heavy (non-hydrogen) atoms. The van der Waals surface area contributed by atoms with Crippen molar-refractivity contribution in [2.24, 2.45) is 0 Å². The molecule has 1 aliphatic rings. The molecule has 0 unspecified atom stereocenters. The minimum absolute atomic E-state index is 0.0802. The number of H-pyrrole nitrogens is 1. The number of benzene rings is 2. The summed E-state index contributed by atoms with van der Waals surface area (Å²) in [5.41, 5.74) is 2.44. The molecule has 1 aliphatic heterocycles. The second-order valence-corrected chi connectivity index (χ2v) is 13.0. The van der Waals surface area contributed by atoms with Crippen LogP contribution in [0.15, 0.2) is 94.8 Å². The molecule has 0 amide bonds. The van der Waals surface area contributed by atoms with E-state index < -0.39 is 12.7 Å². The summed E-state index contributed by atoms with van der Waals surface area (Å²) in [4.78, 5) is 32.5. The summed E-state index contributed by atoms with van der Waals surface area (Å²) < 4.78 is 97.4. The Balaban J connectivity index is 0.000000169. The van der Waals surface area contributed by atoms with Crippen molar-refractivity contribution in [2.75, 3.05) is 13.2 Å². The molecule has 0 atom stereocenters. The van der Waals surface area contributed by atoms with E-state index in [-0.39, 0.29) is 46.6 Å². The van der Waals surface area contributed by atoms with Crippen LogP contribution in [-0.4, -0.2) is 96.1 Å². The van der Waals surface area contributed by atoms with E-state index in [0.717, 1.165) is 43.2 Å². The molecular formula is C38H33ClF6N14O5. The second kappa shape index (κ2) is 21.6. The fourth-order valence-electron chi connectivity index (χ4n) is 5.05. The van der Waals surface area contributed by atoms with Gasteiger partial charge in [-0.2, -0.15) is 9.97 Å². The Labute approximate surface area is 362 Å². The van der Waals surface area contributed by atoms with Crippen LogP contribution in [-0.2, 0) is 17.2 Å². The number of hydrogen-bond donors (Lipinski definition) is 1. The predicted octanol–water partition coefficient (Wildman–Crippen LogP) is 7.78. The highest BCUT2D eigenvalue weighted by Gasteiger charge is 2.32. The van der Waals surface area contributed by atoms with Crippen molar-refractivity contribution in [1.82, 2.24) is 70.2 Å². The lowest BCUT2D eigenvalue weighted by Gasteiger charge is -2.08. The number of nitrogens with one attached hydrogen (secondary N) is 1. The van der Waals surface area contributed by atoms with Crippen LogP contribution in [0.25, 0.3) is 46.2 Å². The van der Waals surface area contributed by atoms with Crippen LogP contribution in [0.5, 0.6) is 11.5 Å². The number of alkyl halides is 7. The van der Waals surface area contributed by atoms with Crippen molar-refractivity contribution < 1.29 is 49.6 Å². The van der Waals surface area contributed by atoms with E-state index in [4.69, 9.17) is 25.4 Å². The molecule has 9 rings (SSSR count). The minimum Gasteiger partial charge on any atom is -0.406 e. The maximum absolute atomic E-state index is 12.2. The van der Waals surface area contributed by atoms with Crippen molar-refractivity contribution in [3.63, 3.8) is 0 Å². The van der Waals surface area contributed by atoms with Crippen molar-refractivity contribution >= 4 is 11.6 Å². The number of halogens is 7. The normalized spacial score (nSPS) is 12.3. The Hall–Kier alpha value is -7.41. The smallest absolute Gasteiger partial charge is 0.406 e. The van der Waals surface area contributed by atoms with Crippen LogP contribution in [0, 0.1) is 13.8 Å². The highest BCUT2D eigenvalue weighted by Crippen LogP contribution is 2.28. The molecule has 2 aromatic carbocycles. The molecular weight excluding hydrogens is 882 g/mol. The van der Waals surface area contributed by atoms with E-state index in [1.54, 1.807) is 55.7 Å². The summed E-state index contributed by atoms with van der Waals surface area (Å²) >= 11 is 5.42. The summed E-state index contributed by atoms with van der Waals surface area (Å²) in [5, 5.41) is 18.4. The number of aryl methyl sites for hydroxylation is 2. The Morgan fingerprint density at radius 1 is 0.656 bits per heavy atom. The molecule has 1 fully saturated rings. The molecule has 26 heteroatoms. The van der Waals surface area contributed by atoms with E-state index in [1.807, 2.05) is 0 Å². The third-order valence-electron chi connectivity index (χ3n) is 7.89. The lowest BCUT2D eigenvalue weighted by atomic mass is 10.2. The molecule has 0 bridgehead atoms. The largest absolute Gasteiger partial charge is 0.573 e. The van der Waals surface area contributed by atoms with Gasteiger partial charge in [0.25, 0.3) is 11.8 Å². The van der Waals surface area contributed by atoms with Gasteiger partial charge in [-0.1, -0.05) is 10.3 Å². The van der Waals surface area contributed by atoms with Gasteiger partial charge in [0.1, 0.15) is 23.1 Å². The van der Waals surface area contributed by atoms with E-state index in [2.05, 4.69) is 75.0 Å². The molecule has 19 nitrogen and oxygen atoms in total. The fourth-order valence-corrected chi connectivity index (χ4v) is 5.19. The fraction of sp³-hybridized carbons (Fsp3) is 0.263. The minimum atomic E-state index is -4.76. The molecule has 0 saturated carbocycles. The number of aromatic amines is 1. The van der Waals surface area contributed by atoms with Crippen LogP contribution in [0.3, 0.4) is 0 Å². The van der Waals surface area contributed by atoms with Crippen molar-refractivity contribution in [2.45, 2.75) is 51.8 Å². The van der Waals surface area contributed by atoms with Crippen molar-refractivity contribution in [1.29, 1.82) is 0 Å². The summed E-state index contributed by atoms with van der Waals surface area (Å²) in [5.74, 6) is 2.00. The van der Waals surface area contributed by atoms with E-state index in [9.17, 15) is 26.3 Å². The van der Waals surface area contributed by atoms with Gasteiger partial charge in [0.05, 0.1) is 30.0 Å². The Bertz CT molecular complexity index is 2620. The van der Waals surface area contributed by atoms with Crippen LogP contribution in [0.4, 0.5) is 26.3 Å². The first-order valence-electron chi connectivity index (χ1n) is 18.6. The van der Waals surface area contributed by atoms with Crippen molar-refractivity contribution in [3.8, 4) is 57.7 Å². The third kappa shape index (κ3) is 14.3. The Morgan fingerprint density at radius 2 is 1.17 bits per heavy atom. The molecule has 0 spiro atoms. The first-order chi connectivity index (χ1) is 30.7. The Morgan fingerprint density at radius 3 is 1.58 bits per heavy atom. The van der Waals surface area contributed by atoms with Crippen LogP contribution in [0.2, 0.25) is 0 Å². The average molecular weight is 915 g/mol. The number of ether oxygens (including phenoxy) is 3. The van der Waals surface area contributed by atoms with Gasteiger partial charge >= 0.3 is 12.7 Å². The summed E-state index contributed by atoms with van der Waals surface area (Å²) in [6.07, 6.45) is 2.74. The molecule has 334 valence electrons. The molecule has 1 N–H and O–H groups in total. The molecule has 0 radical (unpaired) electrons. The first kappa shape index (κ1) is 46.1. The van der Waals surface area contributed by atoms with Gasteiger partial charge in [-0.25, -0.2) is 14.6 Å². The maximum Gasteiger partial charge on any atom is 0.573 e. The molecule has 7 heterocycles. The van der Waals surface area contributed by atoms with Gasteiger partial charge in [-0.15, -0.1) is 48.1 Å². The number of aromatic nitrogens is 14. The zero-order chi connectivity index (χ0) is 45.5. The quantitative estimate of drug-likeness (QED) is 0.108. The zero-order valence-corrected chi connectivity index (χ0v) is 34.1. The van der Waals surface area contributed by atoms with E-state index in [1.165, 1.54) is 37.1 Å². The second-order valence-electron chi connectivity index (χ2n) is 12.7. The summed E-state index contributed by atoms with van der Waals surface area (Å²) in [7, 11) is 0. The SMILES string of the molecule is C1CCOC1.Cc1nc(-c2nc(-c3ccc(OC(F)(F)F)cc3)no2)n[nH]1.Cc1nc(-c2nc(-c3ccc(OC(F)(F)F)cc3)no2)nn1Cc1cnccn1.ClCc1cnccn1. The summed E-state index contributed by atoms with van der Waals surface area (Å²) in [6.45, 7) is 5.85. The van der Waals surface area contributed by atoms with Gasteiger partial charge in [0.2, 0.25) is 23.3 Å². The summed E-state index contributed by atoms with van der Waals surface area (Å²) in [6, 6.07) is 10.2. The monoisotopic (exact) mass is 914 g/mol. The van der Waals surface area contributed by atoms with Crippen LogP contribution < -0.4 is 9.47 Å². The van der Waals surface area contributed by atoms with Gasteiger partial charge in [-0.3, -0.25) is 25.0 Å². The van der Waals surface area contributed by atoms with Gasteiger partial charge in [0, 0.05) is 55.3 Å². The van der Waals surface area contributed by atoms with Crippen LogP contribution >= 0.6 is 11.6 Å². The van der Waals surface area contributed by atoms with Crippen molar-refractivity contribution in [3.05, 3.63) is 109 Å². The first-order valence-corrected chi connectivity index (χ1v) is 19.1. The topological polar surface area (TPSA) is 229 Å². The predicted molar refractivity (Wildman–Crippen MR) is 209 cm³/mol. The lowest BCUT2D eigenvalue weighted by Crippen LogP contribution is -2.16. The number of rotatable bonds is 9. The van der Waals surface area contributed by atoms with Gasteiger partial charge in [-0.05, 0) is 75.2 Å². The molecule has 0 aliphatic carbocycles. The van der Waals surface area contributed by atoms with Gasteiger partial charge < -0.3 is 23.3 Å². The van der Waals surface area contributed by atoms with Gasteiger partial charge in [0.15, 0.2) is 0 Å². The highest BCUT2D eigenvalue weighted by molar-refractivity contribution is 6.16. The highest BCUT2D eigenvalue weighted by atomic mass is 35.5. The average Bonchev–Trinajstić information content (AvgIpc) is 4.14. The lowest BCUT2D eigenvalue weighted by molar-refractivity contribution is -0.275. The maximum atomic E-state index is 12.2. The molecule has 1 saturated heterocycles. The molecule has 6 aromatic heterocycles. The zero-order valence-electron chi connectivity index (χ0n) is 33.3. The van der Waals surface area contributed by atoms with E-state index in [0.29, 0.717) is 40.9 Å².